The Morgan fingerprint density at radius 2 is 1.62 bits per heavy atom. The molecule has 1 aromatic rings. The molecule has 0 heterocycles. The number of Topliss-reactive ketones (excluding diaryl/α,β-unsaturated/α-hetero) is 1. The van der Waals surface area contributed by atoms with E-state index >= 15 is 0 Å². The molecule has 0 amide bonds. The molecule has 0 unspecified atom stereocenters. The molecule has 4 heteroatoms. The van der Waals surface area contributed by atoms with Crippen LogP contribution in [0, 0.1) is 35.1 Å². The van der Waals surface area contributed by atoms with Gasteiger partial charge in [0.15, 0.2) is 5.78 Å². The number of hydrogen-bond donors (Lipinski definition) is 0. The van der Waals surface area contributed by atoms with Gasteiger partial charge in [0, 0.05) is 17.4 Å². The highest BCUT2D eigenvalue weighted by atomic mass is 28.3. The van der Waals surface area contributed by atoms with Gasteiger partial charge in [-0.3, -0.25) is 9.59 Å². The monoisotopic (exact) mass is 412 g/mol. The standard InChI is InChI=1S/C25H36O3Si/c1-6-19-18-21(16-17-29(8-3,9-4)10-5)22(23(19)25(27)28-7-2)24(26)20-14-12-11-13-15-20/h11-15,19,21-23H,6-10,18H2,1-5H3/t19-,21+,22-,23+/m0/s1. The Morgan fingerprint density at radius 3 is 2.14 bits per heavy atom. The maximum absolute atomic E-state index is 13.5. The Balaban J connectivity index is 2.48. The molecule has 4 atom stereocenters. The van der Waals surface area contributed by atoms with Gasteiger partial charge in [-0.2, -0.15) is 0 Å². The van der Waals surface area contributed by atoms with Gasteiger partial charge in [0.1, 0.15) is 8.07 Å². The van der Waals surface area contributed by atoms with Crippen LogP contribution in [0.5, 0.6) is 0 Å². The van der Waals surface area contributed by atoms with Crippen LogP contribution in [0.15, 0.2) is 30.3 Å². The van der Waals surface area contributed by atoms with Crippen molar-refractivity contribution in [3.63, 3.8) is 0 Å². The van der Waals surface area contributed by atoms with Crippen LogP contribution in [0.1, 0.15) is 57.8 Å². The Bertz CT molecular complexity index is 734. The first-order chi connectivity index (χ1) is 14.0. The highest BCUT2D eigenvalue weighted by molar-refractivity contribution is 6.87. The average Bonchev–Trinajstić information content (AvgIpc) is 3.14. The van der Waals surface area contributed by atoms with Crippen LogP contribution in [-0.2, 0) is 9.53 Å². The maximum atomic E-state index is 13.5. The van der Waals surface area contributed by atoms with Crippen molar-refractivity contribution < 1.29 is 14.3 Å². The number of esters is 1. The molecular weight excluding hydrogens is 376 g/mol. The minimum absolute atomic E-state index is 0.0377. The Hall–Kier alpha value is -1.86. The summed E-state index contributed by atoms with van der Waals surface area (Å²) in [6, 6.07) is 12.8. The molecule has 1 saturated carbocycles. The molecule has 158 valence electrons. The van der Waals surface area contributed by atoms with Gasteiger partial charge < -0.3 is 4.74 Å². The second kappa shape index (κ2) is 10.8. The normalized spacial score (nSPS) is 23.9. The van der Waals surface area contributed by atoms with Gasteiger partial charge in [0.2, 0.25) is 0 Å². The molecule has 0 bridgehead atoms. The van der Waals surface area contributed by atoms with E-state index in [0.717, 1.165) is 31.0 Å². The van der Waals surface area contributed by atoms with Crippen molar-refractivity contribution in [3.8, 4) is 11.5 Å². The topological polar surface area (TPSA) is 43.4 Å². The fourth-order valence-corrected chi connectivity index (χ4v) is 7.23. The van der Waals surface area contributed by atoms with Crippen molar-refractivity contribution in [1.29, 1.82) is 0 Å². The Labute approximate surface area is 177 Å². The molecule has 1 aromatic carbocycles. The highest BCUT2D eigenvalue weighted by Crippen LogP contribution is 2.45. The van der Waals surface area contributed by atoms with Gasteiger partial charge >= 0.3 is 5.97 Å². The van der Waals surface area contributed by atoms with Crippen molar-refractivity contribution >= 4 is 19.8 Å². The van der Waals surface area contributed by atoms with Gasteiger partial charge in [-0.15, -0.1) is 11.5 Å². The van der Waals surface area contributed by atoms with Crippen molar-refractivity contribution in [2.24, 2.45) is 23.7 Å². The summed E-state index contributed by atoms with van der Waals surface area (Å²) < 4.78 is 5.40. The van der Waals surface area contributed by atoms with Crippen LogP contribution in [-0.4, -0.2) is 26.4 Å². The lowest BCUT2D eigenvalue weighted by atomic mass is 9.81. The van der Waals surface area contributed by atoms with Crippen LogP contribution in [0.25, 0.3) is 0 Å². The van der Waals surface area contributed by atoms with Crippen molar-refractivity contribution in [2.45, 2.75) is 65.6 Å². The van der Waals surface area contributed by atoms with Crippen molar-refractivity contribution in [1.82, 2.24) is 0 Å². The van der Waals surface area contributed by atoms with Gasteiger partial charge in [0.05, 0.1) is 12.5 Å². The van der Waals surface area contributed by atoms with Gasteiger partial charge in [-0.25, -0.2) is 0 Å². The van der Waals surface area contributed by atoms with Crippen LogP contribution in [0.3, 0.4) is 0 Å². The number of hydrogen-bond acceptors (Lipinski definition) is 3. The van der Waals surface area contributed by atoms with Crippen LogP contribution >= 0.6 is 0 Å². The third-order valence-electron chi connectivity index (χ3n) is 6.88. The lowest BCUT2D eigenvalue weighted by Crippen LogP contribution is -2.34. The zero-order valence-electron chi connectivity index (χ0n) is 18.7. The molecule has 0 radical (unpaired) electrons. The number of ketones is 1. The number of ether oxygens (including phenoxy) is 1. The number of rotatable bonds is 8. The fourth-order valence-electron chi connectivity index (χ4n) is 4.71. The summed E-state index contributed by atoms with van der Waals surface area (Å²) in [6.07, 6.45) is 1.66. The lowest BCUT2D eigenvalue weighted by Gasteiger charge is -2.23. The minimum atomic E-state index is -1.61. The lowest BCUT2D eigenvalue weighted by molar-refractivity contribution is -0.150. The molecule has 3 nitrogen and oxygen atoms in total. The smallest absolute Gasteiger partial charge is 0.309 e. The third kappa shape index (κ3) is 5.20. The first-order valence-electron chi connectivity index (χ1n) is 11.2. The largest absolute Gasteiger partial charge is 0.466 e. The molecule has 0 spiro atoms. The third-order valence-corrected chi connectivity index (χ3v) is 11.6. The summed E-state index contributed by atoms with van der Waals surface area (Å²) >= 11 is 0. The first-order valence-corrected chi connectivity index (χ1v) is 13.9. The van der Waals surface area contributed by atoms with Gasteiger partial charge in [0.25, 0.3) is 0 Å². The molecule has 0 aromatic heterocycles. The number of carbonyl (C=O) groups is 2. The predicted molar refractivity (Wildman–Crippen MR) is 121 cm³/mol. The fraction of sp³-hybridized carbons (Fsp3) is 0.600. The van der Waals surface area contributed by atoms with E-state index in [4.69, 9.17) is 4.74 Å². The Kier molecular flexibility index (Phi) is 8.71. The molecule has 2 rings (SSSR count). The predicted octanol–water partition coefficient (Wildman–Crippen LogP) is 5.76. The van der Waals surface area contributed by atoms with Crippen LogP contribution < -0.4 is 0 Å². The SMILES string of the molecule is CCOC(=O)[C@@H]1[C@@H](CC)C[C@@H](C#C[Si](CC)(CC)CC)[C@@H]1C(=O)c1ccccc1. The minimum Gasteiger partial charge on any atom is -0.466 e. The summed E-state index contributed by atoms with van der Waals surface area (Å²) in [5, 5.41) is 0. The molecule has 0 aliphatic heterocycles. The average molecular weight is 413 g/mol. The molecule has 0 saturated heterocycles. The quantitative estimate of drug-likeness (QED) is 0.236. The first kappa shape index (κ1) is 23.4. The second-order valence-corrected chi connectivity index (χ2v) is 13.1. The van der Waals surface area contributed by atoms with Gasteiger partial charge in [-0.1, -0.05) is 64.4 Å². The van der Waals surface area contributed by atoms with E-state index in [2.05, 4.69) is 39.2 Å². The van der Waals surface area contributed by atoms with Crippen molar-refractivity contribution in [3.05, 3.63) is 35.9 Å². The van der Waals surface area contributed by atoms with Crippen molar-refractivity contribution in [2.75, 3.05) is 6.61 Å². The highest BCUT2D eigenvalue weighted by Gasteiger charge is 2.50. The molecule has 29 heavy (non-hydrogen) atoms. The zero-order chi connectivity index (χ0) is 21.4. The summed E-state index contributed by atoms with van der Waals surface area (Å²) in [7, 11) is -1.61. The molecule has 0 N–H and O–H groups in total. The molecular formula is C25H36O3Si. The zero-order valence-corrected chi connectivity index (χ0v) is 19.7. The van der Waals surface area contributed by atoms with E-state index in [1.165, 1.54) is 0 Å². The summed E-state index contributed by atoms with van der Waals surface area (Å²) in [5.74, 6) is 2.62. The second-order valence-electron chi connectivity index (χ2n) is 8.15. The van der Waals surface area contributed by atoms with E-state index < -0.39 is 19.9 Å². The van der Waals surface area contributed by atoms with Crippen LogP contribution in [0.4, 0.5) is 0 Å². The van der Waals surface area contributed by atoms with Gasteiger partial charge in [-0.05, 0) is 37.4 Å². The molecule has 1 aliphatic carbocycles. The summed E-state index contributed by atoms with van der Waals surface area (Å²) in [6.45, 7) is 11.0. The maximum Gasteiger partial charge on any atom is 0.309 e. The summed E-state index contributed by atoms with van der Waals surface area (Å²) in [5.41, 5.74) is 4.35. The summed E-state index contributed by atoms with van der Waals surface area (Å²) in [4.78, 5) is 26.4. The van der Waals surface area contributed by atoms with E-state index in [0.29, 0.717) is 12.2 Å². The van der Waals surface area contributed by atoms with E-state index in [9.17, 15) is 9.59 Å². The van der Waals surface area contributed by atoms with E-state index in [1.807, 2.05) is 37.3 Å². The number of benzene rings is 1. The van der Waals surface area contributed by atoms with Crippen LogP contribution in [0.2, 0.25) is 18.1 Å². The molecule has 1 aliphatic rings. The van der Waals surface area contributed by atoms with E-state index in [-0.39, 0.29) is 23.6 Å². The number of carbonyl (C=O) groups excluding carboxylic acids is 2. The Morgan fingerprint density at radius 1 is 1.00 bits per heavy atom. The van der Waals surface area contributed by atoms with E-state index in [1.54, 1.807) is 0 Å². The molecule has 1 fully saturated rings.